The maximum absolute atomic E-state index is 5.97. The Morgan fingerprint density at radius 3 is 3.06 bits per heavy atom. The van der Waals surface area contributed by atoms with Gasteiger partial charge in [-0.3, -0.25) is 0 Å². The third-order valence-corrected chi connectivity index (χ3v) is 2.97. The van der Waals surface area contributed by atoms with E-state index in [0.717, 1.165) is 26.1 Å². The third kappa shape index (κ3) is 3.32. The van der Waals surface area contributed by atoms with Crippen LogP contribution in [0.25, 0.3) is 0 Å². The third-order valence-electron chi connectivity index (χ3n) is 2.97. The summed E-state index contributed by atoms with van der Waals surface area (Å²) >= 11 is 0. The standard InChI is InChI=1S/C12H21N3O/c1-2-5-13-8-11-3-4-12(16-11)9-15-7-6-14-10-15/h6-7,10-13H,2-5,8-9H2,1H3. The largest absolute Gasteiger partial charge is 0.372 e. The minimum atomic E-state index is 0.364. The molecule has 2 unspecified atom stereocenters. The molecular weight excluding hydrogens is 202 g/mol. The second-order valence-corrected chi connectivity index (χ2v) is 4.42. The fourth-order valence-corrected chi connectivity index (χ4v) is 2.13. The van der Waals surface area contributed by atoms with Gasteiger partial charge in [-0.05, 0) is 25.8 Å². The van der Waals surface area contributed by atoms with Gasteiger partial charge in [-0.15, -0.1) is 0 Å². The van der Waals surface area contributed by atoms with Crippen LogP contribution in [0.5, 0.6) is 0 Å². The van der Waals surface area contributed by atoms with Gasteiger partial charge in [0.2, 0.25) is 0 Å². The van der Waals surface area contributed by atoms with Crippen molar-refractivity contribution in [2.45, 2.75) is 44.9 Å². The van der Waals surface area contributed by atoms with Gasteiger partial charge in [0.1, 0.15) is 0 Å². The van der Waals surface area contributed by atoms with Gasteiger partial charge in [-0.1, -0.05) is 6.92 Å². The molecule has 1 aliphatic heterocycles. The van der Waals surface area contributed by atoms with Crippen LogP contribution in [0.1, 0.15) is 26.2 Å². The minimum Gasteiger partial charge on any atom is -0.372 e. The molecule has 2 rings (SSSR count). The summed E-state index contributed by atoms with van der Waals surface area (Å²) in [7, 11) is 0. The maximum Gasteiger partial charge on any atom is 0.0946 e. The molecule has 1 aromatic rings. The normalized spacial score (nSPS) is 25.1. The minimum absolute atomic E-state index is 0.364. The predicted octanol–water partition coefficient (Wildman–Crippen LogP) is 1.43. The fraction of sp³-hybridized carbons (Fsp3) is 0.750. The zero-order valence-electron chi connectivity index (χ0n) is 9.93. The first-order valence-corrected chi connectivity index (χ1v) is 6.20. The average molecular weight is 223 g/mol. The highest BCUT2D eigenvalue weighted by molar-refractivity contribution is 4.80. The lowest BCUT2D eigenvalue weighted by Gasteiger charge is -2.14. The van der Waals surface area contributed by atoms with E-state index in [1.54, 1.807) is 0 Å². The van der Waals surface area contributed by atoms with Crippen LogP contribution in [0.15, 0.2) is 18.7 Å². The Hall–Kier alpha value is -0.870. The zero-order chi connectivity index (χ0) is 11.2. The molecule has 1 fully saturated rings. The number of rotatable bonds is 6. The summed E-state index contributed by atoms with van der Waals surface area (Å²) in [6.07, 6.45) is 9.95. The molecular formula is C12H21N3O. The van der Waals surface area contributed by atoms with Crippen molar-refractivity contribution in [3.8, 4) is 0 Å². The van der Waals surface area contributed by atoms with E-state index in [-0.39, 0.29) is 0 Å². The summed E-state index contributed by atoms with van der Waals surface area (Å²) in [4.78, 5) is 4.04. The lowest BCUT2D eigenvalue weighted by atomic mass is 10.2. The Bertz CT molecular complexity index is 286. The van der Waals surface area contributed by atoms with E-state index < -0.39 is 0 Å². The van der Waals surface area contributed by atoms with Gasteiger partial charge in [-0.2, -0.15) is 0 Å². The summed E-state index contributed by atoms with van der Waals surface area (Å²) in [5.74, 6) is 0. The highest BCUT2D eigenvalue weighted by Gasteiger charge is 2.24. The molecule has 1 saturated heterocycles. The quantitative estimate of drug-likeness (QED) is 0.742. The van der Waals surface area contributed by atoms with Crippen molar-refractivity contribution >= 4 is 0 Å². The monoisotopic (exact) mass is 223 g/mol. The van der Waals surface area contributed by atoms with Gasteiger partial charge in [-0.25, -0.2) is 4.98 Å². The molecule has 0 bridgehead atoms. The first-order valence-electron chi connectivity index (χ1n) is 6.20. The summed E-state index contributed by atoms with van der Waals surface area (Å²) < 4.78 is 8.06. The number of imidazole rings is 1. The molecule has 0 saturated carbocycles. The predicted molar refractivity (Wildman–Crippen MR) is 63.3 cm³/mol. The Morgan fingerprint density at radius 1 is 1.44 bits per heavy atom. The Balaban J connectivity index is 1.67. The second kappa shape index (κ2) is 6.01. The van der Waals surface area contributed by atoms with Crippen molar-refractivity contribution in [1.29, 1.82) is 0 Å². The molecule has 1 N–H and O–H groups in total. The van der Waals surface area contributed by atoms with Crippen molar-refractivity contribution in [1.82, 2.24) is 14.9 Å². The Labute approximate surface area is 97.0 Å². The van der Waals surface area contributed by atoms with E-state index in [1.165, 1.54) is 12.8 Å². The second-order valence-electron chi connectivity index (χ2n) is 4.42. The van der Waals surface area contributed by atoms with E-state index in [0.29, 0.717) is 12.2 Å². The van der Waals surface area contributed by atoms with Crippen LogP contribution in [-0.2, 0) is 11.3 Å². The summed E-state index contributed by atoms with van der Waals surface area (Å²) in [6, 6.07) is 0. The van der Waals surface area contributed by atoms with E-state index in [9.17, 15) is 0 Å². The SMILES string of the molecule is CCCNCC1CCC(Cn2ccnc2)O1. The van der Waals surface area contributed by atoms with Crippen LogP contribution < -0.4 is 5.32 Å². The molecule has 16 heavy (non-hydrogen) atoms. The fourth-order valence-electron chi connectivity index (χ4n) is 2.13. The van der Waals surface area contributed by atoms with Crippen molar-refractivity contribution in [2.24, 2.45) is 0 Å². The number of hydrogen-bond acceptors (Lipinski definition) is 3. The number of aromatic nitrogens is 2. The van der Waals surface area contributed by atoms with Crippen LogP contribution in [-0.4, -0.2) is 34.8 Å². The molecule has 1 aliphatic rings. The Kier molecular flexibility index (Phi) is 4.36. The van der Waals surface area contributed by atoms with E-state index in [1.807, 2.05) is 18.7 Å². The molecule has 1 aromatic heterocycles. The number of nitrogens with zero attached hydrogens (tertiary/aromatic N) is 2. The lowest BCUT2D eigenvalue weighted by molar-refractivity contribution is 0.0362. The van der Waals surface area contributed by atoms with Crippen molar-refractivity contribution in [2.75, 3.05) is 13.1 Å². The molecule has 4 heteroatoms. The van der Waals surface area contributed by atoms with Crippen molar-refractivity contribution in [3.63, 3.8) is 0 Å². The smallest absolute Gasteiger partial charge is 0.0946 e. The molecule has 0 amide bonds. The van der Waals surface area contributed by atoms with Crippen LogP contribution in [0.2, 0.25) is 0 Å². The van der Waals surface area contributed by atoms with Gasteiger partial charge in [0.05, 0.1) is 18.5 Å². The molecule has 0 spiro atoms. The number of ether oxygens (including phenoxy) is 1. The van der Waals surface area contributed by atoms with Crippen molar-refractivity contribution < 1.29 is 4.74 Å². The van der Waals surface area contributed by atoms with Crippen LogP contribution >= 0.6 is 0 Å². The lowest BCUT2D eigenvalue weighted by Crippen LogP contribution is -2.28. The summed E-state index contributed by atoms with van der Waals surface area (Å²) in [5, 5.41) is 3.41. The molecule has 0 aromatic carbocycles. The van der Waals surface area contributed by atoms with Crippen LogP contribution in [0.4, 0.5) is 0 Å². The van der Waals surface area contributed by atoms with Gasteiger partial charge < -0.3 is 14.6 Å². The summed E-state index contributed by atoms with van der Waals surface area (Å²) in [5.41, 5.74) is 0. The maximum atomic E-state index is 5.97. The first kappa shape index (κ1) is 11.6. The van der Waals surface area contributed by atoms with E-state index in [2.05, 4.69) is 21.8 Å². The van der Waals surface area contributed by atoms with E-state index >= 15 is 0 Å². The first-order chi connectivity index (χ1) is 7.88. The molecule has 90 valence electrons. The van der Waals surface area contributed by atoms with Gasteiger partial charge in [0.25, 0.3) is 0 Å². The van der Waals surface area contributed by atoms with Gasteiger partial charge >= 0.3 is 0 Å². The number of nitrogens with one attached hydrogen (secondary N) is 1. The van der Waals surface area contributed by atoms with Gasteiger partial charge in [0, 0.05) is 25.5 Å². The summed E-state index contributed by atoms with van der Waals surface area (Å²) in [6.45, 7) is 5.20. The van der Waals surface area contributed by atoms with Gasteiger partial charge in [0.15, 0.2) is 0 Å². The van der Waals surface area contributed by atoms with Crippen LogP contribution in [0.3, 0.4) is 0 Å². The topological polar surface area (TPSA) is 39.1 Å². The molecule has 0 radical (unpaired) electrons. The van der Waals surface area contributed by atoms with Crippen LogP contribution in [0, 0.1) is 0 Å². The number of hydrogen-bond donors (Lipinski definition) is 1. The van der Waals surface area contributed by atoms with Crippen molar-refractivity contribution in [3.05, 3.63) is 18.7 Å². The van der Waals surface area contributed by atoms with E-state index in [4.69, 9.17) is 4.74 Å². The molecule has 2 atom stereocenters. The zero-order valence-corrected chi connectivity index (χ0v) is 9.93. The average Bonchev–Trinajstić information content (AvgIpc) is 2.91. The molecule has 2 heterocycles. The molecule has 0 aliphatic carbocycles. The molecule has 4 nitrogen and oxygen atoms in total. The Morgan fingerprint density at radius 2 is 2.31 bits per heavy atom. The highest BCUT2D eigenvalue weighted by atomic mass is 16.5. The highest BCUT2D eigenvalue weighted by Crippen LogP contribution is 2.20.